The first kappa shape index (κ1) is 35.9. The summed E-state index contributed by atoms with van der Waals surface area (Å²) in [5.41, 5.74) is 6.62. The zero-order valence-electron chi connectivity index (χ0n) is 25.9. The number of nitrogens with zero attached hydrogens (tertiary/aromatic N) is 2. The number of rotatable bonds is 18. The highest BCUT2D eigenvalue weighted by atomic mass is 32.2. The van der Waals surface area contributed by atoms with Gasteiger partial charge in [0.05, 0.1) is 17.9 Å². The summed E-state index contributed by atoms with van der Waals surface area (Å²) >= 11 is 0. The number of amides is 3. The summed E-state index contributed by atoms with van der Waals surface area (Å²) in [7, 11) is -3.63. The summed E-state index contributed by atoms with van der Waals surface area (Å²) in [6.07, 6.45) is 0.550. The van der Waals surface area contributed by atoms with Gasteiger partial charge in [0.2, 0.25) is 15.9 Å². The fourth-order valence-electron chi connectivity index (χ4n) is 4.72. The summed E-state index contributed by atoms with van der Waals surface area (Å²) in [6.45, 7) is 10.5. The fraction of sp³-hybridized carbons (Fsp3) is 0.516. The normalized spacial score (nSPS) is 13.1. The Hall–Kier alpha value is -3.32. The number of benzene rings is 2. The van der Waals surface area contributed by atoms with Crippen LogP contribution in [0, 0.1) is 5.92 Å². The van der Waals surface area contributed by atoms with E-state index in [1.165, 1.54) is 23.2 Å². The van der Waals surface area contributed by atoms with Crippen LogP contribution in [0.5, 0.6) is 0 Å². The molecule has 0 aliphatic heterocycles. The second kappa shape index (κ2) is 17.1. The minimum Gasteiger partial charge on any atom is -0.390 e. The van der Waals surface area contributed by atoms with E-state index in [4.69, 9.17) is 5.73 Å². The Labute approximate surface area is 255 Å². The van der Waals surface area contributed by atoms with Crippen LogP contribution in [-0.4, -0.2) is 85.2 Å². The lowest BCUT2D eigenvalue weighted by Crippen LogP contribution is -2.53. The third-order valence-corrected chi connectivity index (χ3v) is 8.33. The number of carbonyl (C=O) groups is 3. The predicted molar refractivity (Wildman–Crippen MR) is 168 cm³/mol. The van der Waals surface area contributed by atoms with Crippen molar-refractivity contribution in [1.29, 1.82) is 0 Å². The maximum absolute atomic E-state index is 13.6. The molecule has 43 heavy (non-hydrogen) atoms. The predicted octanol–water partition coefficient (Wildman–Crippen LogP) is 2.56. The minimum absolute atomic E-state index is 0.0147. The van der Waals surface area contributed by atoms with Crippen LogP contribution in [0.25, 0.3) is 0 Å². The van der Waals surface area contributed by atoms with Crippen LogP contribution in [0.15, 0.2) is 48.5 Å². The number of hydrazine groups is 1. The number of aliphatic hydroxyl groups is 1. The van der Waals surface area contributed by atoms with Gasteiger partial charge in [0.1, 0.15) is 0 Å². The molecule has 0 heterocycles. The highest BCUT2D eigenvalue weighted by Gasteiger charge is 2.27. The Morgan fingerprint density at radius 1 is 0.930 bits per heavy atom. The van der Waals surface area contributed by atoms with E-state index in [0.717, 1.165) is 18.4 Å². The topological polar surface area (TPSA) is 162 Å². The van der Waals surface area contributed by atoms with E-state index in [1.807, 2.05) is 44.2 Å². The van der Waals surface area contributed by atoms with Gasteiger partial charge in [-0.2, -0.15) is 0 Å². The number of sulfonamides is 1. The number of hydrogen-bond acceptors (Lipinski definition) is 7. The van der Waals surface area contributed by atoms with Crippen LogP contribution in [0.2, 0.25) is 0 Å². The Morgan fingerprint density at radius 2 is 1.51 bits per heavy atom. The lowest BCUT2D eigenvalue weighted by molar-refractivity contribution is 0.0634. The van der Waals surface area contributed by atoms with Gasteiger partial charge in [-0.05, 0) is 48.9 Å². The van der Waals surface area contributed by atoms with E-state index in [9.17, 15) is 27.9 Å². The molecule has 5 N–H and O–H groups in total. The van der Waals surface area contributed by atoms with Crippen molar-refractivity contribution < 1.29 is 27.9 Å². The summed E-state index contributed by atoms with van der Waals surface area (Å²) in [5, 5.41) is 15.5. The van der Waals surface area contributed by atoms with Gasteiger partial charge in [0.15, 0.2) is 0 Å². The Bertz CT molecular complexity index is 1310. The molecule has 2 atom stereocenters. The van der Waals surface area contributed by atoms with E-state index < -0.39 is 34.0 Å². The number of hydrogen-bond donors (Lipinski definition) is 4. The van der Waals surface area contributed by atoms with Gasteiger partial charge < -0.3 is 21.1 Å². The van der Waals surface area contributed by atoms with Crippen molar-refractivity contribution in [3.05, 3.63) is 70.8 Å². The average Bonchev–Trinajstić information content (AvgIpc) is 2.95. The zero-order chi connectivity index (χ0) is 32.2. The van der Waals surface area contributed by atoms with Gasteiger partial charge in [-0.3, -0.25) is 14.4 Å². The van der Waals surface area contributed by atoms with E-state index in [2.05, 4.69) is 10.1 Å². The molecule has 11 nitrogen and oxygen atoms in total. The van der Waals surface area contributed by atoms with Gasteiger partial charge in [-0.15, -0.1) is 4.83 Å². The molecule has 0 aliphatic rings. The molecule has 3 amide bonds. The first-order valence-corrected chi connectivity index (χ1v) is 16.5. The van der Waals surface area contributed by atoms with Gasteiger partial charge in [-0.25, -0.2) is 13.4 Å². The van der Waals surface area contributed by atoms with Crippen LogP contribution < -0.4 is 15.9 Å². The van der Waals surface area contributed by atoms with Crippen molar-refractivity contribution in [2.75, 3.05) is 31.9 Å². The van der Waals surface area contributed by atoms with E-state index in [-0.39, 0.29) is 53.8 Å². The molecule has 0 radical (unpaired) electrons. The molecule has 2 unspecified atom stereocenters. The first-order valence-electron chi connectivity index (χ1n) is 14.8. The van der Waals surface area contributed by atoms with Gasteiger partial charge >= 0.3 is 0 Å². The van der Waals surface area contributed by atoms with Crippen LogP contribution in [0.4, 0.5) is 0 Å². The summed E-state index contributed by atoms with van der Waals surface area (Å²) in [6, 6.07) is 12.5. The second-order valence-corrected chi connectivity index (χ2v) is 12.8. The molecule has 0 aliphatic carbocycles. The smallest absolute Gasteiger partial charge is 0.253 e. The number of likely N-dealkylation sites (N-methyl/N-ethyl adjacent to an activating group) is 1. The van der Waals surface area contributed by atoms with Crippen molar-refractivity contribution in [3.63, 3.8) is 0 Å². The molecule has 0 bridgehead atoms. The lowest BCUT2D eigenvalue weighted by atomic mass is 9.99. The summed E-state index contributed by atoms with van der Waals surface area (Å²) in [5.74, 6) is -1.87. The molecular formula is C31H47N5O6S. The van der Waals surface area contributed by atoms with Crippen LogP contribution in [0.3, 0.4) is 0 Å². The van der Waals surface area contributed by atoms with Crippen LogP contribution >= 0.6 is 0 Å². The highest BCUT2D eigenvalue weighted by molar-refractivity contribution is 7.89. The highest BCUT2D eigenvalue weighted by Crippen LogP contribution is 2.16. The molecule has 2 aromatic carbocycles. The number of carbonyl (C=O) groups excluding carboxylic acids is 3. The van der Waals surface area contributed by atoms with E-state index >= 15 is 0 Å². The van der Waals surface area contributed by atoms with Crippen LogP contribution in [-0.2, 0) is 16.4 Å². The third kappa shape index (κ3) is 11.7. The molecule has 2 rings (SSSR count). The Kier molecular flexibility index (Phi) is 14.3. The average molecular weight is 618 g/mol. The number of primary amides is 1. The number of aliphatic hydroxyl groups excluding tert-OH is 1. The van der Waals surface area contributed by atoms with Crippen molar-refractivity contribution in [1.82, 2.24) is 20.1 Å². The standard InChI is InChI=1S/C31H47N5O6S/c1-6-14-35(15-7-2)31(40)26-18-24(29(32)38)17-25(19-26)30(39)33-27(16-23-12-10-9-11-13-23)28(37)20-36(8-3)34-43(41,42)21-22(4)5/h9-13,17-19,22,27-28,34,37H,6-8,14-16,20-21H2,1-5H3,(H2,32,38)(H,33,39). The quantitative estimate of drug-likeness (QED) is 0.187. The van der Waals surface area contributed by atoms with Crippen molar-refractivity contribution in [2.24, 2.45) is 11.7 Å². The van der Waals surface area contributed by atoms with E-state index in [0.29, 0.717) is 13.1 Å². The maximum Gasteiger partial charge on any atom is 0.253 e. The fourth-order valence-corrected chi connectivity index (χ4v) is 6.27. The summed E-state index contributed by atoms with van der Waals surface area (Å²) < 4.78 is 25.1. The van der Waals surface area contributed by atoms with Gasteiger partial charge in [0, 0.05) is 42.9 Å². The monoisotopic (exact) mass is 617 g/mol. The van der Waals surface area contributed by atoms with Crippen molar-refractivity contribution in [2.45, 2.75) is 66.0 Å². The van der Waals surface area contributed by atoms with Gasteiger partial charge in [0.25, 0.3) is 11.8 Å². The molecule has 0 spiro atoms. The molecule has 0 fully saturated rings. The summed E-state index contributed by atoms with van der Waals surface area (Å²) in [4.78, 5) is 43.3. The first-order chi connectivity index (χ1) is 20.3. The number of nitrogens with two attached hydrogens (primary N) is 1. The second-order valence-electron chi connectivity index (χ2n) is 11.1. The molecule has 2 aromatic rings. The Morgan fingerprint density at radius 3 is 2.05 bits per heavy atom. The number of nitrogens with one attached hydrogen (secondary N) is 2. The van der Waals surface area contributed by atoms with Crippen LogP contribution in [0.1, 0.15) is 84.1 Å². The van der Waals surface area contributed by atoms with Crippen molar-refractivity contribution in [3.8, 4) is 0 Å². The van der Waals surface area contributed by atoms with Crippen molar-refractivity contribution >= 4 is 27.7 Å². The van der Waals surface area contributed by atoms with E-state index in [1.54, 1.807) is 25.7 Å². The SMILES string of the molecule is CCCN(CCC)C(=O)c1cc(C(N)=O)cc(C(=O)NC(Cc2ccccc2)C(O)CN(CC)NS(=O)(=O)CC(C)C)c1. The molecular weight excluding hydrogens is 570 g/mol. The van der Waals surface area contributed by atoms with Gasteiger partial charge in [-0.1, -0.05) is 65.0 Å². The molecule has 0 saturated carbocycles. The molecule has 0 saturated heterocycles. The zero-order valence-corrected chi connectivity index (χ0v) is 26.7. The third-order valence-electron chi connectivity index (χ3n) is 6.69. The largest absolute Gasteiger partial charge is 0.390 e. The molecule has 12 heteroatoms. The minimum atomic E-state index is -3.63. The maximum atomic E-state index is 13.6. The Balaban J connectivity index is 2.39. The molecule has 238 valence electrons. The lowest BCUT2D eigenvalue weighted by Gasteiger charge is -2.30. The molecule has 0 aromatic heterocycles.